The average molecular weight is 495 g/mol. The molecule has 192 valence electrons. The number of nitrogens with zero attached hydrogens (tertiary/aromatic N) is 1. The van der Waals surface area contributed by atoms with Crippen LogP contribution in [-0.2, 0) is 9.47 Å². The van der Waals surface area contributed by atoms with Gasteiger partial charge in [-0.05, 0) is 85.2 Å². The van der Waals surface area contributed by atoms with Gasteiger partial charge in [0.2, 0.25) is 0 Å². The number of ether oxygens (including phenoxy) is 2. The molecular weight excluding hydrogens is 460 g/mol. The lowest BCUT2D eigenvalue weighted by molar-refractivity contribution is 0.0182. The van der Waals surface area contributed by atoms with Crippen molar-refractivity contribution < 1.29 is 28.7 Å². The lowest BCUT2D eigenvalue weighted by atomic mass is 9.62. The zero-order valence-electron chi connectivity index (χ0n) is 21.5. The molecule has 8 heteroatoms. The van der Waals surface area contributed by atoms with Crippen LogP contribution >= 0.6 is 0 Å². The number of esters is 2. The maximum Gasteiger partial charge on any atom is 0.337 e. The number of imide groups is 1. The Labute approximate surface area is 211 Å². The summed E-state index contributed by atoms with van der Waals surface area (Å²) in [7, 11) is 2.57. The van der Waals surface area contributed by atoms with Crippen LogP contribution in [0.3, 0.4) is 0 Å². The number of hydrogen-bond acceptors (Lipinski definition) is 7. The molecule has 1 saturated carbocycles. The standard InChI is InChI=1S/C28H34N2O6/c1-27(2)14-22(15-28(3,16-27)17-29)30(23(31)18-6-10-20(11-7-18)25(33)35-4)24(32)19-8-12-21(13-9-19)26(34)36-5/h6-13,22H,14-17,29H2,1-5H3. The van der Waals surface area contributed by atoms with Crippen LogP contribution in [-0.4, -0.2) is 55.5 Å². The van der Waals surface area contributed by atoms with E-state index in [1.807, 2.05) is 0 Å². The number of carbonyl (C=O) groups is 4. The minimum absolute atomic E-state index is 0.140. The van der Waals surface area contributed by atoms with E-state index in [-0.39, 0.29) is 28.0 Å². The van der Waals surface area contributed by atoms with E-state index in [0.29, 0.717) is 30.5 Å². The molecule has 1 fully saturated rings. The Morgan fingerprint density at radius 2 is 1.17 bits per heavy atom. The first kappa shape index (κ1) is 27.1. The van der Waals surface area contributed by atoms with Crippen LogP contribution in [0.25, 0.3) is 0 Å². The fourth-order valence-corrected chi connectivity index (χ4v) is 5.35. The Balaban J connectivity index is 2.03. The molecule has 0 bridgehead atoms. The van der Waals surface area contributed by atoms with Crippen molar-refractivity contribution >= 4 is 23.8 Å². The van der Waals surface area contributed by atoms with Crippen LogP contribution in [0.15, 0.2) is 48.5 Å². The van der Waals surface area contributed by atoms with Crippen molar-refractivity contribution in [2.75, 3.05) is 20.8 Å². The molecule has 2 aromatic rings. The minimum Gasteiger partial charge on any atom is -0.465 e. The van der Waals surface area contributed by atoms with Gasteiger partial charge in [-0.3, -0.25) is 14.5 Å². The number of carbonyl (C=O) groups excluding carboxylic acids is 4. The smallest absolute Gasteiger partial charge is 0.337 e. The lowest BCUT2D eigenvalue weighted by Crippen LogP contribution is -2.53. The van der Waals surface area contributed by atoms with E-state index >= 15 is 0 Å². The Morgan fingerprint density at radius 3 is 1.53 bits per heavy atom. The van der Waals surface area contributed by atoms with Crippen LogP contribution in [0.4, 0.5) is 0 Å². The monoisotopic (exact) mass is 494 g/mol. The van der Waals surface area contributed by atoms with E-state index in [0.717, 1.165) is 6.42 Å². The second-order valence-corrected chi connectivity index (χ2v) is 10.5. The molecule has 1 aliphatic rings. The second-order valence-electron chi connectivity index (χ2n) is 10.5. The van der Waals surface area contributed by atoms with Gasteiger partial charge >= 0.3 is 11.9 Å². The van der Waals surface area contributed by atoms with Crippen LogP contribution in [0.2, 0.25) is 0 Å². The second kappa shape index (κ2) is 10.6. The highest BCUT2D eigenvalue weighted by atomic mass is 16.5. The highest BCUT2D eigenvalue weighted by Gasteiger charge is 2.45. The zero-order chi connectivity index (χ0) is 26.7. The van der Waals surface area contributed by atoms with Gasteiger partial charge in [0.1, 0.15) is 0 Å². The molecule has 0 heterocycles. The summed E-state index contributed by atoms with van der Waals surface area (Å²) >= 11 is 0. The minimum atomic E-state index is -0.514. The summed E-state index contributed by atoms with van der Waals surface area (Å²) in [6.07, 6.45) is 2.08. The van der Waals surface area contributed by atoms with Gasteiger partial charge in [0.25, 0.3) is 11.8 Å². The van der Waals surface area contributed by atoms with E-state index in [1.54, 1.807) is 0 Å². The first-order valence-electron chi connectivity index (χ1n) is 11.9. The van der Waals surface area contributed by atoms with Gasteiger partial charge in [-0.2, -0.15) is 0 Å². The van der Waals surface area contributed by atoms with E-state index in [1.165, 1.54) is 67.7 Å². The Bertz CT molecular complexity index is 1070. The summed E-state index contributed by atoms with van der Waals surface area (Å²) in [5, 5.41) is 0. The van der Waals surface area contributed by atoms with E-state index in [9.17, 15) is 19.2 Å². The summed E-state index contributed by atoms with van der Waals surface area (Å²) < 4.78 is 9.47. The third-order valence-electron chi connectivity index (χ3n) is 6.82. The number of nitrogens with two attached hydrogens (primary N) is 1. The summed E-state index contributed by atoms with van der Waals surface area (Å²) in [6.45, 7) is 6.77. The predicted molar refractivity (Wildman–Crippen MR) is 135 cm³/mol. The summed E-state index contributed by atoms with van der Waals surface area (Å²) in [6, 6.07) is 11.7. The molecule has 2 unspecified atom stereocenters. The van der Waals surface area contributed by atoms with Crippen LogP contribution in [0.1, 0.15) is 81.5 Å². The normalized spacial score (nSPS) is 20.8. The number of amides is 2. The molecular formula is C28H34N2O6. The molecule has 2 aromatic carbocycles. The average Bonchev–Trinajstić information content (AvgIpc) is 2.86. The fraction of sp³-hybridized carbons (Fsp3) is 0.429. The van der Waals surface area contributed by atoms with Crippen molar-refractivity contribution in [2.24, 2.45) is 16.6 Å². The van der Waals surface area contributed by atoms with Crippen molar-refractivity contribution in [1.82, 2.24) is 4.90 Å². The van der Waals surface area contributed by atoms with Crippen molar-refractivity contribution in [2.45, 2.75) is 46.1 Å². The van der Waals surface area contributed by atoms with Crippen molar-refractivity contribution in [3.05, 3.63) is 70.8 Å². The predicted octanol–water partition coefficient (Wildman–Crippen LogP) is 4.09. The first-order valence-corrected chi connectivity index (χ1v) is 11.9. The molecule has 2 atom stereocenters. The van der Waals surface area contributed by atoms with E-state index in [4.69, 9.17) is 15.2 Å². The largest absolute Gasteiger partial charge is 0.465 e. The van der Waals surface area contributed by atoms with Crippen LogP contribution in [0.5, 0.6) is 0 Å². The van der Waals surface area contributed by atoms with Gasteiger partial charge in [-0.25, -0.2) is 9.59 Å². The topological polar surface area (TPSA) is 116 Å². The molecule has 2 N–H and O–H groups in total. The molecule has 3 rings (SSSR count). The quantitative estimate of drug-likeness (QED) is 0.475. The Kier molecular flexibility index (Phi) is 7.99. The number of hydrogen-bond donors (Lipinski definition) is 1. The van der Waals surface area contributed by atoms with E-state index < -0.39 is 23.8 Å². The Hall–Kier alpha value is -3.52. The van der Waals surface area contributed by atoms with E-state index in [2.05, 4.69) is 20.8 Å². The number of rotatable bonds is 6. The molecule has 0 radical (unpaired) electrons. The SMILES string of the molecule is COC(=O)c1ccc(C(=O)N(C(=O)c2ccc(C(=O)OC)cc2)C2CC(C)(C)CC(C)(CN)C2)cc1. The van der Waals surface area contributed by atoms with Gasteiger partial charge in [-0.1, -0.05) is 20.8 Å². The molecule has 1 aliphatic carbocycles. The van der Waals surface area contributed by atoms with Gasteiger partial charge in [0.15, 0.2) is 0 Å². The zero-order valence-corrected chi connectivity index (χ0v) is 21.5. The number of benzene rings is 2. The fourth-order valence-electron chi connectivity index (χ4n) is 5.35. The molecule has 36 heavy (non-hydrogen) atoms. The molecule has 0 aromatic heterocycles. The van der Waals surface area contributed by atoms with Crippen molar-refractivity contribution in [1.29, 1.82) is 0 Å². The lowest BCUT2D eigenvalue weighted by Gasteiger charge is -2.49. The maximum atomic E-state index is 13.8. The highest BCUT2D eigenvalue weighted by molar-refractivity contribution is 6.11. The molecule has 0 saturated heterocycles. The van der Waals surface area contributed by atoms with Gasteiger partial charge in [0.05, 0.1) is 25.3 Å². The molecule has 8 nitrogen and oxygen atoms in total. The maximum absolute atomic E-state index is 13.8. The first-order chi connectivity index (χ1) is 16.9. The third kappa shape index (κ3) is 5.82. The van der Waals surface area contributed by atoms with Crippen molar-refractivity contribution in [3.8, 4) is 0 Å². The highest BCUT2D eigenvalue weighted by Crippen LogP contribution is 2.47. The summed E-state index contributed by atoms with van der Waals surface area (Å²) in [5.74, 6) is -1.95. The van der Waals surface area contributed by atoms with Crippen molar-refractivity contribution in [3.63, 3.8) is 0 Å². The van der Waals surface area contributed by atoms with Gasteiger partial charge in [-0.15, -0.1) is 0 Å². The van der Waals surface area contributed by atoms with Gasteiger partial charge < -0.3 is 15.2 Å². The third-order valence-corrected chi connectivity index (χ3v) is 6.82. The molecule has 2 amide bonds. The summed E-state index contributed by atoms with van der Waals surface area (Å²) in [5.41, 5.74) is 6.92. The molecule has 0 spiro atoms. The van der Waals surface area contributed by atoms with Crippen LogP contribution in [0, 0.1) is 10.8 Å². The summed E-state index contributed by atoms with van der Waals surface area (Å²) in [4.78, 5) is 52.6. The van der Waals surface area contributed by atoms with Crippen LogP contribution < -0.4 is 5.73 Å². The number of methoxy groups -OCH3 is 2. The Morgan fingerprint density at radius 1 is 0.778 bits per heavy atom. The molecule has 0 aliphatic heterocycles. The van der Waals surface area contributed by atoms with Gasteiger partial charge in [0, 0.05) is 17.2 Å².